The minimum atomic E-state index is -0.0512. The van der Waals surface area contributed by atoms with Gasteiger partial charge in [-0.15, -0.1) is 0 Å². The highest BCUT2D eigenvalue weighted by atomic mass is 16.1. The molecule has 3 rings (SSSR count). The van der Waals surface area contributed by atoms with E-state index in [1.807, 2.05) is 50.4 Å². The summed E-state index contributed by atoms with van der Waals surface area (Å²) < 4.78 is 1.57. The Morgan fingerprint density at radius 1 is 1.10 bits per heavy atom. The van der Waals surface area contributed by atoms with E-state index in [4.69, 9.17) is 0 Å². The minimum Gasteiger partial charge on any atom is -0.379 e. The summed E-state index contributed by atoms with van der Waals surface area (Å²) in [6.07, 6.45) is 1.81. The number of hydrogen-bond acceptors (Lipinski definition) is 3. The lowest BCUT2D eigenvalue weighted by atomic mass is 10.2. The molecule has 0 bridgehead atoms. The number of nitrogens with zero attached hydrogens (tertiary/aromatic N) is 2. The Kier molecular flexibility index (Phi) is 3.44. The molecule has 2 heterocycles. The number of benzene rings is 1. The van der Waals surface area contributed by atoms with Crippen molar-refractivity contribution >= 4 is 11.3 Å². The fraction of sp³-hybridized carbons (Fsp3) is 0.176. The number of rotatable bonds is 3. The topological polar surface area (TPSA) is 46.4 Å². The van der Waals surface area contributed by atoms with Crippen molar-refractivity contribution in [3.8, 4) is 0 Å². The third kappa shape index (κ3) is 2.94. The molecule has 0 fully saturated rings. The van der Waals surface area contributed by atoms with Gasteiger partial charge in [0.05, 0.1) is 12.2 Å². The van der Waals surface area contributed by atoms with Crippen LogP contribution in [0, 0.1) is 13.8 Å². The second kappa shape index (κ2) is 5.40. The van der Waals surface area contributed by atoms with Gasteiger partial charge in [-0.3, -0.25) is 9.20 Å². The molecule has 1 aromatic carbocycles. The summed E-state index contributed by atoms with van der Waals surface area (Å²) in [5.41, 5.74) is 4.63. The first-order valence-electron chi connectivity index (χ1n) is 6.91. The van der Waals surface area contributed by atoms with Gasteiger partial charge >= 0.3 is 0 Å². The van der Waals surface area contributed by atoms with Crippen molar-refractivity contribution in [1.29, 1.82) is 0 Å². The van der Waals surface area contributed by atoms with Crippen LogP contribution in [0.5, 0.6) is 0 Å². The zero-order valence-corrected chi connectivity index (χ0v) is 12.1. The first kappa shape index (κ1) is 13.4. The van der Waals surface area contributed by atoms with E-state index >= 15 is 0 Å². The molecule has 0 aliphatic rings. The van der Waals surface area contributed by atoms with Crippen LogP contribution in [0.15, 0.2) is 53.5 Å². The van der Waals surface area contributed by atoms with Crippen LogP contribution in [-0.4, -0.2) is 9.38 Å². The second-order valence-corrected chi connectivity index (χ2v) is 5.24. The van der Waals surface area contributed by atoms with Crippen molar-refractivity contribution in [3.63, 3.8) is 0 Å². The zero-order chi connectivity index (χ0) is 14.8. The highest BCUT2D eigenvalue weighted by Crippen LogP contribution is 2.11. The van der Waals surface area contributed by atoms with Crippen LogP contribution >= 0.6 is 0 Å². The maximum absolute atomic E-state index is 12.1. The van der Waals surface area contributed by atoms with Crippen molar-refractivity contribution in [1.82, 2.24) is 9.38 Å². The molecule has 1 N–H and O–H groups in total. The van der Waals surface area contributed by atoms with E-state index in [-0.39, 0.29) is 5.56 Å². The SMILES string of the molecule is Cc1cccc(NCc2cc(=O)n3cc(C)ccc3n2)c1. The summed E-state index contributed by atoms with van der Waals surface area (Å²) in [6.45, 7) is 4.54. The Labute approximate surface area is 123 Å². The maximum atomic E-state index is 12.1. The van der Waals surface area contributed by atoms with E-state index in [9.17, 15) is 4.79 Å². The molecule has 0 saturated heterocycles. The molecule has 2 aromatic heterocycles. The average molecular weight is 279 g/mol. The predicted molar refractivity (Wildman–Crippen MR) is 84.7 cm³/mol. The predicted octanol–water partition coefficient (Wildman–Crippen LogP) is 2.92. The molecule has 0 atom stereocenters. The third-order valence-electron chi connectivity index (χ3n) is 3.35. The molecule has 0 spiro atoms. The van der Waals surface area contributed by atoms with Gasteiger partial charge in [0.1, 0.15) is 5.65 Å². The highest BCUT2D eigenvalue weighted by molar-refractivity contribution is 5.46. The van der Waals surface area contributed by atoms with Crippen molar-refractivity contribution in [3.05, 3.63) is 75.8 Å². The summed E-state index contributed by atoms with van der Waals surface area (Å²) in [6, 6.07) is 13.5. The molecular formula is C17H17N3O. The molecule has 0 saturated carbocycles. The molecule has 106 valence electrons. The van der Waals surface area contributed by atoms with Gasteiger partial charge in [-0.25, -0.2) is 4.98 Å². The summed E-state index contributed by atoms with van der Waals surface area (Å²) in [5.74, 6) is 0. The largest absolute Gasteiger partial charge is 0.379 e. The smallest absolute Gasteiger partial charge is 0.258 e. The molecule has 0 radical (unpaired) electrons. The van der Waals surface area contributed by atoms with Gasteiger partial charge in [0, 0.05) is 18.0 Å². The summed E-state index contributed by atoms with van der Waals surface area (Å²) >= 11 is 0. The van der Waals surface area contributed by atoms with E-state index in [2.05, 4.69) is 16.4 Å². The summed E-state index contributed by atoms with van der Waals surface area (Å²) in [7, 11) is 0. The molecule has 0 unspecified atom stereocenters. The van der Waals surface area contributed by atoms with Crippen molar-refractivity contribution in [2.24, 2.45) is 0 Å². The van der Waals surface area contributed by atoms with Crippen molar-refractivity contribution in [2.75, 3.05) is 5.32 Å². The van der Waals surface area contributed by atoms with Crippen LogP contribution in [0.3, 0.4) is 0 Å². The Morgan fingerprint density at radius 2 is 1.95 bits per heavy atom. The number of nitrogens with one attached hydrogen (secondary N) is 1. The Bertz CT molecular complexity index is 852. The van der Waals surface area contributed by atoms with E-state index in [0.717, 1.165) is 16.9 Å². The van der Waals surface area contributed by atoms with Crippen LogP contribution in [0.4, 0.5) is 5.69 Å². The molecule has 4 nitrogen and oxygen atoms in total. The molecule has 0 aliphatic heterocycles. The van der Waals surface area contributed by atoms with Crippen LogP contribution in [0.2, 0.25) is 0 Å². The number of fused-ring (bicyclic) bond motifs is 1. The quantitative estimate of drug-likeness (QED) is 0.802. The lowest BCUT2D eigenvalue weighted by Crippen LogP contribution is -2.17. The van der Waals surface area contributed by atoms with Gasteiger partial charge in [-0.05, 0) is 43.2 Å². The molecule has 4 heteroatoms. The fourth-order valence-corrected chi connectivity index (χ4v) is 2.30. The number of pyridine rings is 1. The van der Waals surface area contributed by atoms with Gasteiger partial charge in [0.25, 0.3) is 5.56 Å². The van der Waals surface area contributed by atoms with Crippen LogP contribution in [-0.2, 0) is 6.54 Å². The lowest BCUT2D eigenvalue weighted by molar-refractivity contribution is 0.965. The minimum absolute atomic E-state index is 0.0512. The summed E-state index contributed by atoms with van der Waals surface area (Å²) in [4.78, 5) is 16.6. The monoisotopic (exact) mass is 279 g/mol. The standard InChI is InChI=1S/C17H17N3O/c1-12-4-3-5-14(8-12)18-10-15-9-17(21)20-11-13(2)6-7-16(20)19-15/h3-9,11,18H,10H2,1-2H3. The van der Waals surface area contributed by atoms with E-state index < -0.39 is 0 Å². The van der Waals surface area contributed by atoms with E-state index in [1.165, 1.54) is 5.56 Å². The fourth-order valence-electron chi connectivity index (χ4n) is 2.30. The normalized spacial score (nSPS) is 10.8. The van der Waals surface area contributed by atoms with Gasteiger partial charge in [-0.1, -0.05) is 18.2 Å². The molecule has 21 heavy (non-hydrogen) atoms. The zero-order valence-electron chi connectivity index (χ0n) is 12.1. The first-order valence-corrected chi connectivity index (χ1v) is 6.91. The van der Waals surface area contributed by atoms with E-state index in [0.29, 0.717) is 12.2 Å². The highest BCUT2D eigenvalue weighted by Gasteiger charge is 2.02. The van der Waals surface area contributed by atoms with Crippen molar-refractivity contribution in [2.45, 2.75) is 20.4 Å². The van der Waals surface area contributed by atoms with Crippen LogP contribution in [0.1, 0.15) is 16.8 Å². The van der Waals surface area contributed by atoms with Gasteiger partial charge < -0.3 is 5.32 Å². The molecule has 0 aliphatic carbocycles. The number of anilines is 1. The van der Waals surface area contributed by atoms with Gasteiger partial charge in [-0.2, -0.15) is 0 Å². The number of aryl methyl sites for hydroxylation is 2. The second-order valence-electron chi connectivity index (χ2n) is 5.24. The average Bonchev–Trinajstić information content (AvgIpc) is 2.46. The Morgan fingerprint density at radius 3 is 2.76 bits per heavy atom. The Balaban J connectivity index is 1.88. The number of aromatic nitrogens is 2. The van der Waals surface area contributed by atoms with Crippen LogP contribution in [0.25, 0.3) is 5.65 Å². The third-order valence-corrected chi connectivity index (χ3v) is 3.35. The van der Waals surface area contributed by atoms with Gasteiger partial charge in [0.15, 0.2) is 0 Å². The van der Waals surface area contributed by atoms with Gasteiger partial charge in [0.2, 0.25) is 0 Å². The lowest BCUT2D eigenvalue weighted by Gasteiger charge is -2.08. The maximum Gasteiger partial charge on any atom is 0.258 e. The van der Waals surface area contributed by atoms with E-state index in [1.54, 1.807) is 10.5 Å². The van der Waals surface area contributed by atoms with Crippen molar-refractivity contribution < 1.29 is 0 Å². The molecule has 0 amide bonds. The summed E-state index contributed by atoms with van der Waals surface area (Å²) in [5, 5.41) is 3.29. The van der Waals surface area contributed by atoms with Crippen LogP contribution < -0.4 is 10.9 Å². The first-order chi connectivity index (χ1) is 10.1. The Hall–Kier alpha value is -2.62. The number of hydrogen-bond donors (Lipinski definition) is 1. The molecule has 3 aromatic rings. The molecular weight excluding hydrogens is 262 g/mol.